The third-order valence-corrected chi connectivity index (χ3v) is 13.3. The van der Waals surface area contributed by atoms with Gasteiger partial charge in [-0.15, -0.1) is 0 Å². The molecule has 0 radical (unpaired) electrons. The Balaban J connectivity index is 1.71. The zero-order chi connectivity index (χ0) is 34.8. The van der Waals surface area contributed by atoms with Crippen molar-refractivity contribution in [3.8, 4) is 23.2 Å². The minimum Gasteiger partial charge on any atom is -0.480 e. The first-order chi connectivity index (χ1) is 21.9. The summed E-state index contributed by atoms with van der Waals surface area (Å²) in [6, 6.07) is 11.6. The number of rotatable bonds is 10. The summed E-state index contributed by atoms with van der Waals surface area (Å²) in [6.45, 7) is 21.2. The van der Waals surface area contributed by atoms with E-state index in [0.29, 0.717) is 54.2 Å². The lowest BCUT2D eigenvalue weighted by atomic mass is 9.82. The molecule has 2 aromatic heterocycles. The van der Waals surface area contributed by atoms with Crippen LogP contribution in [0.15, 0.2) is 42.7 Å². The summed E-state index contributed by atoms with van der Waals surface area (Å²) in [4.78, 5) is 30.8. The molecule has 3 aromatic rings. The van der Waals surface area contributed by atoms with Gasteiger partial charge in [0, 0.05) is 49.6 Å². The van der Waals surface area contributed by atoms with E-state index in [4.69, 9.17) is 18.9 Å². The molecule has 1 atom stereocenters. The van der Waals surface area contributed by atoms with Crippen LogP contribution in [0, 0.1) is 11.3 Å². The van der Waals surface area contributed by atoms with Gasteiger partial charge in [-0.05, 0) is 81.8 Å². The fourth-order valence-corrected chi connectivity index (χ4v) is 6.47. The highest BCUT2D eigenvalue weighted by atomic mass is 28.4. The lowest BCUT2D eigenvalue weighted by Crippen LogP contribution is -2.46. The van der Waals surface area contributed by atoms with Crippen molar-refractivity contribution < 1.29 is 18.7 Å². The number of ether oxygens (including phenoxy) is 2. The van der Waals surface area contributed by atoms with Crippen LogP contribution in [0.5, 0.6) is 5.88 Å². The van der Waals surface area contributed by atoms with Crippen LogP contribution in [0.2, 0.25) is 18.1 Å². The van der Waals surface area contributed by atoms with Gasteiger partial charge in [0.15, 0.2) is 8.32 Å². The number of nitriles is 1. The Hall–Kier alpha value is -4.05. The molecule has 252 valence electrons. The van der Waals surface area contributed by atoms with E-state index in [1.54, 1.807) is 42.6 Å². The smallest absolute Gasteiger partial charge is 0.414 e. The molecule has 12 heteroatoms. The average Bonchev–Trinajstić information content (AvgIpc) is 3.27. The molecule has 4 rings (SSSR count). The second-order valence-electron chi connectivity index (χ2n) is 15.0. The van der Waals surface area contributed by atoms with Crippen molar-refractivity contribution in [1.82, 2.24) is 19.9 Å². The molecule has 0 bridgehead atoms. The number of benzene rings is 1. The molecule has 47 heavy (non-hydrogen) atoms. The molecule has 0 aliphatic carbocycles. The van der Waals surface area contributed by atoms with E-state index >= 15 is 0 Å². The van der Waals surface area contributed by atoms with Crippen molar-refractivity contribution in [2.75, 3.05) is 50.6 Å². The van der Waals surface area contributed by atoms with E-state index in [9.17, 15) is 10.1 Å². The molecule has 0 spiro atoms. The Labute approximate surface area is 280 Å². The van der Waals surface area contributed by atoms with Gasteiger partial charge < -0.3 is 24.1 Å². The van der Waals surface area contributed by atoms with E-state index in [1.807, 2.05) is 32.9 Å². The number of nitrogens with one attached hydrogen (secondary N) is 1. The summed E-state index contributed by atoms with van der Waals surface area (Å²) in [5.41, 5.74) is 2.61. The molecule has 1 unspecified atom stereocenters. The molecule has 0 fully saturated rings. The SMILES string of the molecule is COc1ncccc1Nc1nccc(-c2cc(C#N)c3c(c2)C(C)(CN(C)CCO[Si](C)(C)C(C)(C)C)CN3C(=O)OC(C)(C)C)n1. The number of carbonyl (C=O) groups is 1. The van der Waals surface area contributed by atoms with Gasteiger partial charge in [0.1, 0.15) is 17.4 Å². The molecule has 1 aliphatic rings. The predicted molar refractivity (Wildman–Crippen MR) is 188 cm³/mol. The average molecular weight is 660 g/mol. The first kappa shape index (κ1) is 35.8. The van der Waals surface area contributed by atoms with E-state index in [0.717, 1.165) is 17.7 Å². The minimum absolute atomic E-state index is 0.125. The van der Waals surface area contributed by atoms with Gasteiger partial charge in [-0.1, -0.05) is 27.7 Å². The predicted octanol–water partition coefficient (Wildman–Crippen LogP) is 7.13. The number of hydrogen-bond donors (Lipinski definition) is 1. The number of aromatic nitrogens is 3. The standard InChI is InChI=1S/C35H49N7O4Si/c1-33(2,3)46-32(43)42-23-35(7,22-41(8)17-18-45-47(10,11)34(4,5)6)26-20-24(19-25(21-36)29(26)42)27-14-16-38-31(39-27)40-28-13-12-15-37-30(28)44-9/h12-16,19-20H,17-18,22-23H2,1-11H3,(H,38,39,40). The lowest BCUT2D eigenvalue weighted by molar-refractivity contribution is 0.0576. The highest BCUT2D eigenvalue weighted by Gasteiger charge is 2.45. The molecule has 1 aromatic carbocycles. The minimum atomic E-state index is -1.89. The number of nitrogens with zero attached hydrogens (tertiary/aromatic N) is 6. The van der Waals surface area contributed by atoms with Crippen LogP contribution >= 0.6 is 0 Å². The summed E-state index contributed by atoms with van der Waals surface area (Å²) in [5, 5.41) is 13.7. The Bertz CT molecular complexity index is 1640. The fraction of sp³-hybridized carbons (Fsp3) is 0.514. The number of methoxy groups -OCH3 is 1. The van der Waals surface area contributed by atoms with Crippen LogP contribution in [0.3, 0.4) is 0 Å². The topological polar surface area (TPSA) is 126 Å². The number of likely N-dealkylation sites (N-methyl/N-ethyl adjacent to an activating group) is 1. The molecular formula is C35H49N7O4Si. The Morgan fingerprint density at radius 3 is 2.51 bits per heavy atom. The van der Waals surface area contributed by atoms with Crippen molar-refractivity contribution >= 4 is 31.7 Å². The van der Waals surface area contributed by atoms with E-state index in [2.05, 4.69) is 74.1 Å². The van der Waals surface area contributed by atoms with Crippen LogP contribution in [0.4, 0.5) is 22.1 Å². The quantitative estimate of drug-likeness (QED) is 0.225. The molecule has 11 nitrogen and oxygen atoms in total. The van der Waals surface area contributed by atoms with Crippen molar-refractivity contribution in [2.24, 2.45) is 0 Å². The Morgan fingerprint density at radius 2 is 1.87 bits per heavy atom. The monoisotopic (exact) mass is 659 g/mol. The first-order valence-electron chi connectivity index (χ1n) is 15.9. The highest BCUT2D eigenvalue weighted by molar-refractivity contribution is 6.74. The second-order valence-corrected chi connectivity index (χ2v) is 19.8. The molecular weight excluding hydrogens is 611 g/mol. The zero-order valence-corrected chi connectivity index (χ0v) is 30.7. The maximum Gasteiger partial charge on any atom is 0.414 e. The third kappa shape index (κ3) is 8.27. The van der Waals surface area contributed by atoms with Gasteiger partial charge in [-0.2, -0.15) is 5.26 Å². The summed E-state index contributed by atoms with van der Waals surface area (Å²) in [6.07, 6.45) is 2.83. The van der Waals surface area contributed by atoms with E-state index in [1.165, 1.54) is 0 Å². The maximum atomic E-state index is 13.6. The Kier molecular flexibility index (Phi) is 10.3. The normalized spacial score (nSPS) is 16.5. The van der Waals surface area contributed by atoms with E-state index < -0.39 is 25.4 Å². The number of amides is 1. The summed E-state index contributed by atoms with van der Waals surface area (Å²) < 4.78 is 17.7. The van der Waals surface area contributed by atoms with Crippen LogP contribution in [-0.2, 0) is 14.6 Å². The zero-order valence-electron chi connectivity index (χ0n) is 29.7. The van der Waals surface area contributed by atoms with Gasteiger partial charge in [0.2, 0.25) is 11.8 Å². The van der Waals surface area contributed by atoms with Crippen molar-refractivity contribution in [3.05, 3.63) is 53.9 Å². The van der Waals surface area contributed by atoms with Crippen molar-refractivity contribution in [2.45, 2.75) is 77.6 Å². The number of carbonyl (C=O) groups excluding carboxylic acids is 1. The summed E-state index contributed by atoms with van der Waals surface area (Å²) in [7, 11) is 1.73. The summed E-state index contributed by atoms with van der Waals surface area (Å²) in [5.74, 6) is 0.773. The van der Waals surface area contributed by atoms with Crippen LogP contribution in [0.1, 0.15) is 59.6 Å². The van der Waals surface area contributed by atoms with Gasteiger partial charge in [0.25, 0.3) is 0 Å². The highest BCUT2D eigenvalue weighted by Crippen LogP contribution is 2.46. The van der Waals surface area contributed by atoms with Crippen molar-refractivity contribution in [1.29, 1.82) is 5.26 Å². The largest absolute Gasteiger partial charge is 0.480 e. The van der Waals surface area contributed by atoms with Gasteiger partial charge in [-0.25, -0.2) is 19.7 Å². The molecule has 1 aliphatic heterocycles. The number of fused-ring (bicyclic) bond motifs is 1. The molecule has 0 saturated heterocycles. The maximum absolute atomic E-state index is 13.6. The first-order valence-corrected chi connectivity index (χ1v) is 18.8. The van der Waals surface area contributed by atoms with Crippen molar-refractivity contribution in [3.63, 3.8) is 0 Å². The molecule has 1 amide bonds. The summed E-state index contributed by atoms with van der Waals surface area (Å²) >= 11 is 0. The molecule has 3 heterocycles. The molecule has 1 N–H and O–H groups in total. The van der Waals surface area contributed by atoms with Crippen LogP contribution in [0.25, 0.3) is 11.3 Å². The number of pyridine rings is 1. The molecule has 0 saturated carbocycles. The van der Waals surface area contributed by atoms with Gasteiger partial charge in [0.05, 0.1) is 24.1 Å². The fourth-order valence-electron chi connectivity index (χ4n) is 5.44. The third-order valence-electron chi connectivity index (χ3n) is 8.79. The number of hydrogen-bond acceptors (Lipinski definition) is 10. The Morgan fingerprint density at radius 1 is 1.15 bits per heavy atom. The van der Waals surface area contributed by atoms with Crippen LogP contribution in [-0.4, -0.2) is 80.3 Å². The van der Waals surface area contributed by atoms with Gasteiger partial charge >= 0.3 is 6.09 Å². The van der Waals surface area contributed by atoms with Crippen LogP contribution < -0.4 is 15.0 Å². The number of anilines is 3. The second kappa shape index (κ2) is 13.6. The lowest BCUT2D eigenvalue weighted by Gasteiger charge is -2.37. The van der Waals surface area contributed by atoms with Gasteiger partial charge in [-0.3, -0.25) is 4.90 Å². The van der Waals surface area contributed by atoms with E-state index in [-0.39, 0.29) is 5.04 Å².